The highest BCUT2D eigenvalue weighted by atomic mass is 14.5. The molecule has 0 unspecified atom stereocenters. The average molecular weight is 185 g/mol. The lowest BCUT2D eigenvalue weighted by atomic mass is 9.51. The molecule has 1 aromatic carbocycles. The molecule has 0 aliphatic heterocycles. The molecule has 0 amide bonds. The number of hydrogen-bond donors (Lipinski definition) is 0. The van der Waals surface area contributed by atoms with Crippen molar-refractivity contribution in [2.24, 2.45) is 11.3 Å². The molecule has 0 heterocycles. The Morgan fingerprint density at radius 1 is 1.07 bits per heavy atom. The summed E-state index contributed by atoms with van der Waals surface area (Å²) in [6, 6.07) is 10.8. The van der Waals surface area contributed by atoms with E-state index in [9.17, 15) is 0 Å². The first kappa shape index (κ1) is 8.52. The van der Waals surface area contributed by atoms with Crippen LogP contribution in [-0.4, -0.2) is 0 Å². The van der Waals surface area contributed by atoms with Gasteiger partial charge in [-0.25, -0.2) is 0 Å². The van der Waals surface area contributed by atoms with Crippen LogP contribution in [0.4, 0.5) is 0 Å². The fourth-order valence-corrected chi connectivity index (χ4v) is 3.09. The summed E-state index contributed by atoms with van der Waals surface area (Å²) in [5.41, 5.74) is 2.22. The summed E-state index contributed by atoms with van der Waals surface area (Å²) in [7, 11) is 0. The van der Waals surface area contributed by atoms with Crippen molar-refractivity contribution in [1.29, 1.82) is 0 Å². The van der Waals surface area contributed by atoms with Crippen LogP contribution in [0.1, 0.15) is 37.7 Å². The van der Waals surface area contributed by atoms with E-state index in [1.54, 1.807) is 0 Å². The van der Waals surface area contributed by atoms with Gasteiger partial charge in [0.05, 0.1) is 0 Å². The van der Waals surface area contributed by atoms with Gasteiger partial charge in [0.2, 0.25) is 0 Å². The first-order valence-corrected chi connectivity index (χ1v) is 5.76. The lowest BCUT2D eigenvalue weighted by molar-refractivity contribution is -0.00926. The van der Waals surface area contributed by atoms with Gasteiger partial charge >= 0.3 is 0 Å². The van der Waals surface area contributed by atoms with Crippen LogP contribution in [-0.2, 0) is 0 Å². The van der Waals surface area contributed by atoms with E-state index in [4.69, 9.17) is 0 Å². The predicted molar refractivity (Wildman–Crippen MR) is 58.9 cm³/mol. The summed E-state index contributed by atoms with van der Waals surface area (Å²) >= 11 is 0. The zero-order valence-electron chi connectivity index (χ0n) is 8.58. The molecule has 1 radical (unpaired) electrons. The summed E-state index contributed by atoms with van der Waals surface area (Å²) in [6.07, 6.45) is 9.88. The molecule has 1 aromatic rings. The maximum atomic E-state index is 2.46. The molecule has 0 heteroatoms. The highest BCUT2D eigenvalue weighted by molar-refractivity contribution is 5.25. The second kappa shape index (κ2) is 3.12. The third-order valence-electron chi connectivity index (χ3n) is 4.03. The molecule has 2 saturated carbocycles. The van der Waals surface area contributed by atoms with E-state index >= 15 is 0 Å². The molecule has 0 aromatic heterocycles. The second-order valence-corrected chi connectivity index (χ2v) is 5.10. The summed E-state index contributed by atoms with van der Waals surface area (Å²) < 4.78 is 0. The standard InChI is InChI=1S/C14H17/c1-2-5-12(6-3-1)9-13-10-14(11-13)7-4-8-14/h1-3,5-6,9,13H,4,7-8,10-11H2. The van der Waals surface area contributed by atoms with E-state index in [-0.39, 0.29) is 0 Å². The molecular weight excluding hydrogens is 168 g/mol. The van der Waals surface area contributed by atoms with E-state index in [1.807, 2.05) is 0 Å². The molecule has 2 aliphatic carbocycles. The van der Waals surface area contributed by atoms with E-state index < -0.39 is 0 Å². The van der Waals surface area contributed by atoms with Gasteiger partial charge in [0.25, 0.3) is 0 Å². The molecule has 1 spiro atoms. The summed E-state index contributed by atoms with van der Waals surface area (Å²) in [6.45, 7) is 0. The van der Waals surface area contributed by atoms with Gasteiger partial charge in [-0.1, -0.05) is 36.8 Å². The Kier molecular flexibility index (Phi) is 1.90. The Labute approximate surface area is 86.3 Å². The molecule has 0 bridgehead atoms. The number of hydrogen-bond acceptors (Lipinski definition) is 0. The highest BCUT2D eigenvalue weighted by Crippen LogP contribution is 2.59. The van der Waals surface area contributed by atoms with Crippen molar-refractivity contribution in [2.75, 3.05) is 0 Å². The van der Waals surface area contributed by atoms with Crippen molar-refractivity contribution >= 4 is 0 Å². The fraction of sp³-hybridized carbons (Fsp3) is 0.500. The Balaban J connectivity index is 1.56. The zero-order chi connectivity index (χ0) is 9.43. The number of benzene rings is 1. The van der Waals surface area contributed by atoms with Crippen LogP contribution >= 0.6 is 0 Å². The lowest BCUT2D eigenvalue weighted by Crippen LogP contribution is -2.42. The third-order valence-corrected chi connectivity index (χ3v) is 4.03. The average Bonchev–Trinajstić information content (AvgIpc) is 2.09. The van der Waals surface area contributed by atoms with Crippen LogP contribution in [0.3, 0.4) is 0 Å². The number of rotatable bonds is 2. The summed E-state index contributed by atoms with van der Waals surface area (Å²) in [4.78, 5) is 0. The van der Waals surface area contributed by atoms with Crippen LogP contribution in [0, 0.1) is 17.8 Å². The lowest BCUT2D eigenvalue weighted by Gasteiger charge is -2.54. The van der Waals surface area contributed by atoms with Gasteiger partial charge in [-0.05, 0) is 49.0 Å². The molecule has 0 saturated heterocycles. The molecule has 3 rings (SSSR count). The maximum Gasteiger partial charge on any atom is -0.00617 e. The van der Waals surface area contributed by atoms with Gasteiger partial charge in [0.1, 0.15) is 0 Å². The molecule has 2 aliphatic rings. The SMILES string of the molecule is [CH](c1ccccc1)C1CC2(CCC2)C1. The van der Waals surface area contributed by atoms with Crippen molar-refractivity contribution in [3.8, 4) is 0 Å². The highest BCUT2D eigenvalue weighted by Gasteiger charge is 2.47. The molecular formula is C14H17. The third kappa shape index (κ3) is 1.37. The van der Waals surface area contributed by atoms with Gasteiger partial charge in [0.15, 0.2) is 0 Å². The van der Waals surface area contributed by atoms with Crippen molar-refractivity contribution in [1.82, 2.24) is 0 Å². The van der Waals surface area contributed by atoms with Crippen LogP contribution in [0.5, 0.6) is 0 Å². The van der Waals surface area contributed by atoms with Crippen molar-refractivity contribution in [2.45, 2.75) is 32.1 Å². The first-order valence-electron chi connectivity index (χ1n) is 5.76. The van der Waals surface area contributed by atoms with E-state index in [1.165, 1.54) is 37.7 Å². The largest absolute Gasteiger partial charge is 0.0622 e. The minimum Gasteiger partial charge on any atom is -0.0622 e. The molecule has 14 heavy (non-hydrogen) atoms. The minimum absolute atomic E-state index is 0.815. The molecule has 2 fully saturated rings. The van der Waals surface area contributed by atoms with Gasteiger partial charge < -0.3 is 0 Å². The summed E-state index contributed by atoms with van der Waals surface area (Å²) in [5, 5.41) is 0. The van der Waals surface area contributed by atoms with Gasteiger partial charge in [-0.15, -0.1) is 0 Å². The van der Waals surface area contributed by atoms with E-state index in [0.717, 1.165) is 11.3 Å². The normalized spacial score (nSPS) is 24.3. The van der Waals surface area contributed by atoms with E-state index in [2.05, 4.69) is 36.8 Å². The summed E-state index contributed by atoms with van der Waals surface area (Å²) in [5.74, 6) is 0.873. The topological polar surface area (TPSA) is 0 Å². The van der Waals surface area contributed by atoms with E-state index in [0.29, 0.717) is 0 Å². The minimum atomic E-state index is 0.815. The smallest absolute Gasteiger partial charge is 0.00617 e. The van der Waals surface area contributed by atoms with Crippen molar-refractivity contribution in [3.05, 3.63) is 42.3 Å². The Bertz CT molecular complexity index is 300. The molecule has 0 atom stereocenters. The van der Waals surface area contributed by atoms with Crippen LogP contribution in [0.2, 0.25) is 0 Å². The first-order chi connectivity index (χ1) is 6.86. The van der Waals surface area contributed by atoms with Crippen molar-refractivity contribution in [3.63, 3.8) is 0 Å². The molecule has 73 valence electrons. The Morgan fingerprint density at radius 3 is 2.36 bits per heavy atom. The van der Waals surface area contributed by atoms with Gasteiger partial charge in [0, 0.05) is 0 Å². The predicted octanol–water partition coefficient (Wildman–Crippen LogP) is 3.82. The van der Waals surface area contributed by atoms with Crippen molar-refractivity contribution < 1.29 is 0 Å². The van der Waals surface area contributed by atoms with Crippen LogP contribution < -0.4 is 0 Å². The fourth-order valence-electron chi connectivity index (χ4n) is 3.09. The van der Waals surface area contributed by atoms with Crippen LogP contribution in [0.15, 0.2) is 30.3 Å². The molecule has 0 nitrogen and oxygen atoms in total. The van der Waals surface area contributed by atoms with Gasteiger partial charge in [-0.3, -0.25) is 0 Å². The Morgan fingerprint density at radius 2 is 1.79 bits per heavy atom. The van der Waals surface area contributed by atoms with Crippen LogP contribution in [0.25, 0.3) is 0 Å². The maximum absolute atomic E-state index is 2.46. The zero-order valence-corrected chi connectivity index (χ0v) is 8.58. The molecule has 0 N–H and O–H groups in total. The Hall–Kier alpha value is -0.780. The second-order valence-electron chi connectivity index (χ2n) is 5.10. The van der Waals surface area contributed by atoms with Gasteiger partial charge in [-0.2, -0.15) is 0 Å². The monoisotopic (exact) mass is 185 g/mol. The quantitative estimate of drug-likeness (QED) is 0.657.